The molecular formula is C26H23Cl2N3O. The lowest BCUT2D eigenvalue weighted by Gasteiger charge is -2.08. The van der Waals surface area contributed by atoms with E-state index in [-0.39, 0.29) is 5.91 Å². The highest BCUT2D eigenvalue weighted by molar-refractivity contribution is 6.35. The minimum Gasteiger partial charge on any atom is -0.342 e. The van der Waals surface area contributed by atoms with Gasteiger partial charge >= 0.3 is 0 Å². The first-order valence-electron chi connectivity index (χ1n) is 10.3. The van der Waals surface area contributed by atoms with Gasteiger partial charge in [0.15, 0.2) is 0 Å². The van der Waals surface area contributed by atoms with E-state index in [9.17, 15) is 4.79 Å². The molecule has 0 aliphatic heterocycles. The smallest absolute Gasteiger partial charge is 0.244 e. The highest BCUT2D eigenvalue weighted by Crippen LogP contribution is 2.25. The standard InChI is InChI=1S/C26H23Cl2N3O/c1-17-7-8-19(18(2)11-17)12-26(32)30-29-14-21-16-31(25-6-4-3-5-23(21)25)15-20-9-10-22(27)13-24(20)28/h3-11,13-14,16H,12,15H2,1-2H3,(H,30,32)/b29-14-. The number of nitrogens with zero attached hydrogens (tertiary/aromatic N) is 2. The van der Waals surface area contributed by atoms with Crippen LogP contribution >= 0.6 is 23.2 Å². The van der Waals surface area contributed by atoms with Crippen molar-refractivity contribution >= 4 is 46.2 Å². The quantitative estimate of drug-likeness (QED) is 0.264. The van der Waals surface area contributed by atoms with Crippen LogP contribution in [0.1, 0.15) is 27.8 Å². The van der Waals surface area contributed by atoms with Crippen molar-refractivity contribution < 1.29 is 4.79 Å². The van der Waals surface area contributed by atoms with Crippen LogP contribution in [0.5, 0.6) is 0 Å². The van der Waals surface area contributed by atoms with E-state index < -0.39 is 0 Å². The molecule has 6 heteroatoms. The number of fused-ring (bicyclic) bond motifs is 1. The molecule has 0 bridgehead atoms. The second kappa shape index (κ2) is 9.60. The summed E-state index contributed by atoms with van der Waals surface area (Å²) in [6, 6.07) is 19.7. The number of carbonyl (C=O) groups excluding carboxylic acids is 1. The van der Waals surface area contributed by atoms with Gasteiger partial charge in [-0.25, -0.2) is 5.43 Å². The summed E-state index contributed by atoms with van der Waals surface area (Å²) in [5, 5.41) is 6.49. The molecule has 1 aromatic heterocycles. The highest BCUT2D eigenvalue weighted by Gasteiger charge is 2.10. The molecule has 3 aromatic carbocycles. The molecule has 0 radical (unpaired) electrons. The van der Waals surface area contributed by atoms with Crippen LogP contribution in [-0.2, 0) is 17.8 Å². The van der Waals surface area contributed by atoms with Crippen molar-refractivity contribution in [1.29, 1.82) is 0 Å². The third-order valence-electron chi connectivity index (χ3n) is 5.42. The minimum absolute atomic E-state index is 0.148. The van der Waals surface area contributed by atoms with Crippen LogP contribution in [0, 0.1) is 13.8 Å². The molecule has 0 aliphatic rings. The van der Waals surface area contributed by atoms with Crippen molar-refractivity contribution in [2.24, 2.45) is 5.10 Å². The van der Waals surface area contributed by atoms with Gasteiger partial charge in [-0.15, -0.1) is 0 Å². The van der Waals surface area contributed by atoms with Crippen molar-refractivity contribution in [3.63, 3.8) is 0 Å². The number of amides is 1. The first kappa shape index (κ1) is 22.1. The van der Waals surface area contributed by atoms with Gasteiger partial charge in [-0.1, -0.05) is 71.2 Å². The van der Waals surface area contributed by atoms with Gasteiger partial charge in [0.05, 0.1) is 12.6 Å². The molecule has 1 N–H and O–H groups in total. The summed E-state index contributed by atoms with van der Waals surface area (Å²) in [5.74, 6) is -0.148. The van der Waals surface area contributed by atoms with Crippen LogP contribution in [0.2, 0.25) is 10.0 Å². The Bertz CT molecular complexity index is 1320. The van der Waals surface area contributed by atoms with Crippen LogP contribution in [-0.4, -0.2) is 16.7 Å². The van der Waals surface area contributed by atoms with E-state index in [0.29, 0.717) is 23.0 Å². The number of benzene rings is 3. The van der Waals surface area contributed by atoms with Crippen molar-refractivity contribution in [2.45, 2.75) is 26.8 Å². The predicted molar refractivity (Wildman–Crippen MR) is 133 cm³/mol. The fourth-order valence-corrected chi connectivity index (χ4v) is 4.24. The number of hydrogen-bond donors (Lipinski definition) is 1. The molecular weight excluding hydrogens is 441 g/mol. The monoisotopic (exact) mass is 463 g/mol. The van der Waals surface area contributed by atoms with E-state index in [2.05, 4.69) is 27.2 Å². The molecule has 0 spiro atoms. The Kier molecular flexibility index (Phi) is 6.63. The third kappa shape index (κ3) is 5.04. The molecule has 0 atom stereocenters. The Morgan fingerprint density at radius 1 is 1.03 bits per heavy atom. The van der Waals surface area contributed by atoms with Crippen molar-refractivity contribution in [2.75, 3.05) is 0 Å². The molecule has 1 amide bonds. The molecule has 0 fully saturated rings. The second-order valence-electron chi connectivity index (χ2n) is 7.87. The number of hydrazone groups is 1. The average molecular weight is 464 g/mol. The zero-order valence-corrected chi connectivity index (χ0v) is 19.4. The zero-order valence-electron chi connectivity index (χ0n) is 17.9. The van der Waals surface area contributed by atoms with Gasteiger partial charge in [0, 0.05) is 39.3 Å². The summed E-state index contributed by atoms with van der Waals surface area (Å²) in [4.78, 5) is 12.4. The fraction of sp³-hybridized carbons (Fsp3) is 0.154. The maximum Gasteiger partial charge on any atom is 0.244 e. The fourth-order valence-electron chi connectivity index (χ4n) is 3.77. The van der Waals surface area contributed by atoms with Gasteiger partial charge in [-0.05, 0) is 48.7 Å². The molecule has 4 aromatic rings. The van der Waals surface area contributed by atoms with Gasteiger partial charge in [-0.3, -0.25) is 4.79 Å². The first-order chi connectivity index (χ1) is 15.4. The lowest BCUT2D eigenvalue weighted by atomic mass is 10.0. The second-order valence-corrected chi connectivity index (χ2v) is 8.71. The van der Waals surface area contributed by atoms with E-state index in [1.54, 1.807) is 12.3 Å². The number of para-hydroxylation sites is 1. The summed E-state index contributed by atoms with van der Waals surface area (Å²) in [7, 11) is 0. The molecule has 0 unspecified atom stereocenters. The largest absolute Gasteiger partial charge is 0.342 e. The Morgan fingerprint density at radius 3 is 2.59 bits per heavy atom. The maximum absolute atomic E-state index is 12.4. The predicted octanol–water partition coefficient (Wildman–Crippen LogP) is 6.31. The van der Waals surface area contributed by atoms with Gasteiger partial charge in [-0.2, -0.15) is 5.10 Å². The molecule has 4 rings (SSSR count). The van der Waals surface area contributed by atoms with E-state index in [4.69, 9.17) is 23.2 Å². The molecule has 0 saturated heterocycles. The number of carbonyl (C=O) groups is 1. The average Bonchev–Trinajstić information content (AvgIpc) is 3.10. The van der Waals surface area contributed by atoms with Gasteiger partial charge in [0.2, 0.25) is 5.91 Å². The minimum atomic E-state index is -0.148. The lowest BCUT2D eigenvalue weighted by molar-refractivity contribution is -0.120. The molecule has 4 nitrogen and oxygen atoms in total. The summed E-state index contributed by atoms with van der Waals surface area (Å²) < 4.78 is 2.11. The van der Waals surface area contributed by atoms with Gasteiger partial charge < -0.3 is 4.57 Å². The molecule has 0 aliphatic carbocycles. The van der Waals surface area contributed by atoms with Crippen molar-refractivity contribution in [3.8, 4) is 0 Å². The summed E-state index contributed by atoms with van der Waals surface area (Å²) in [6.07, 6.45) is 3.98. The number of rotatable bonds is 6. The van der Waals surface area contributed by atoms with E-state index in [0.717, 1.165) is 33.2 Å². The topological polar surface area (TPSA) is 46.4 Å². The molecule has 0 saturated carbocycles. The number of aryl methyl sites for hydroxylation is 2. The molecule has 1 heterocycles. The Labute approximate surface area is 197 Å². The maximum atomic E-state index is 12.4. The Balaban J connectivity index is 1.51. The number of nitrogens with one attached hydrogen (secondary N) is 1. The van der Waals surface area contributed by atoms with Crippen LogP contribution in [0.25, 0.3) is 10.9 Å². The SMILES string of the molecule is Cc1ccc(CC(=O)N/N=C\c2cn(Cc3ccc(Cl)cc3Cl)c3ccccc23)c(C)c1. The Hall–Kier alpha value is -3.08. The number of halogens is 2. The summed E-state index contributed by atoms with van der Waals surface area (Å²) in [5.41, 5.74) is 8.88. The third-order valence-corrected chi connectivity index (χ3v) is 6.00. The zero-order chi connectivity index (χ0) is 22.7. The normalized spacial score (nSPS) is 11.4. The van der Waals surface area contributed by atoms with Crippen LogP contribution in [0.3, 0.4) is 0 Å². The van der Waals surface area contributed by atoms with E-state index >= 15 is 0 Å². The van der Waals surface area contributed by atoms with Crippen LogP contribution in [0.15, 0.2) is 72.0 Å². The van der Waals surface area contributed by atoms with Crippen molar-refractivity contribution in [1.82, 2.24) is 9.99 Å². The number of hydrogen-bond acceptors (Lipinski definition) is 2. The van der Waals surface area contributed by atoms with Crippen molar-refractivity contribution in [3.05, 3.63) is 105 Å². The first-order valence-corrected chi connectivity index (χ1v) is 11.1. The van der Waals surface area contributed by atoms with E-state index in [1.807, 2.05) is 62.5 Å². The van der Waals surface area contributed by atoms with Crippen LogP contribution in [0.4, 0.5) is 0 Å². The molecule has 32 heavy (non-hydrogen) atoms. The van der Waals surface area contributed by atoms with Crippen LogP contribution < -0.4 is 5.43 Å². The van der Waals surface area contributed by atoms with Gasteiger partial charge in [0.25, 0.3) is 0 Å². The van der Waals surface area contributed by atoms with Gasteiger partial charge in [0.1, 0.15) is 0 Å². The summed E-state index contributed by atoms with van der Waals surface area (Å²) in [6.45, 7) is 4.66. The highest BCUT2D eigenvalue weighted by atomic mass is 35.5. The number of aromatic nitrogens is 1. The molecule has 162 valence electrons. The summed E-state index contributed by atoms with van der Waals surface area (Å²) >= 11 is 12.4. The Morgan fingerprint density at radius 2 is 1.81 bits per heavy atom. The van der Waals surface area contributed by atoms with E-state index in [1.165, 1.54) is 5.56 Å². The lowest BCUT2D eigenvalue weighted by Crippen LogP contribution is -2.20.